The molecule has 0 unspecified atom stereocenters. The maximum atomic E-state index is 11.8. The zero-order chi connectivity index (χ0) is 13.8. The lowest BCUT2D eigenvalue weighted by atomic mass is 10.1. The van der Waals surface area contributed by atoms with E-state index in [9.17, 15) is 4.79 Å². The van der Waals surface area contributed by atoms with Crippen LogP contribution >= 0.6 is 23.6 Å². The first-order chi connectivity index (χ1) is 9.04. The van der Waals surface area contributed by atoms with Gasteiger partial charge in [0.05, 0.1) is 12.1 Å². The first-order valence-corrected chi connectivity index (χ1v) is 6.94. The van der Waals surface area contributed by atoms with Crippen molar-refractivity contribution in [2.45, 2.75) is 13.3 Å². The molecule has 3 N–H and O–H groups in total. The zero-order valence-corrected chi connectivity index (χ0v) is 12.0. The zero-order valence-electron chi connectivity index (χ0n) is 10.3. The molecule has 1 heterocycles. The summed E-state index contributed by atoms with van der Waals surface area (Å²) in [4.78, 5) is 16.4. The molecule has 0 saturated carbocycles. The van der Waals surface area contributed by atoms with E-state index < -0.39 is 0 Å². The summed E-state index contributed by atoms with van der Waals surface area (Å²) >= 11 is 6.29. The van der Waals surface area contributed by atoms with Gasteiger partial charge in [0, 0.05) is 10.9 Å². The van der Waals surface area contributed by atoms with E-state index in [1.807, 2.05) is 36.6 Å². The minimum Gasteiger partial charge on any atom is -0.389 e. The molecule has 2 rings (SSSR count). The van der Waals surface area contributed by atoms with Gasteiger partial charge in [0.15, 0.2) is 5.13 Å². The van der Waals surface area contributed by atoms with Crippen molar-refractivity contribution >= 4 is 39.6 Å². The lowest BCUT2D eigenvalue weighted by Crippen LogP contribution is -2.14. The number of nitrogens with two attached hydrogens (primary N) is 1. The van der Waals surface area contributed by atoms with Gasteiger partial charge in [0.25, 0.3) is 0 Å². The Morgan fingerprint density at radius 3 is 2.63 bits per heavy atom. The van der Waals surface area contributed by atoms with Crippen LogP contribution in [0.5, 0.6) is 0 Å². The second-order valence-corrected chi connectivity index (χ2v) is 5.38. The van der Waals surface area contributed by atoms with Crippen molar-refractivity contribution in [1.29, 1.82) is 0 Å². The van der Waals surface area contributed by atoms with Crippen LogP contribution in [0.4, 0.5) is 5.13 Å². The Balaban J connectivity index is 1.97. The van der Waals surface area contributed by atoms with Gasteiger partial charge in [-0.15, -0.1) is 11.3 Å². The molecule has 0 radical (unpaired) electrons. The van der Waals surface area contributed by atoms with E-state index in [2.05, 4.69) is 10.3 Å². The number of rotatable bonds is 4. The number of nitrogens with zero attached hydrogens (tertiary/aromatic N) is 1. The minimum absolute atomic E-state index is 0.0857. The molecule has 19 heavy (non-hydrogen) atoms. The SMILES string of the molecule is Cc1csc(NC(=O)Cc2ccc(C(N)=S)cc2)n1. The van der Waals surface area contributed by atoms with Gasteiger partial charge < -0.3 is 11.1 Å². The molecule has 0 aliphatic heterocycles. The van der Waals surface area contributed by atoms with E-state index in [1.165, 1.54) is 11.3 Å². The van der Waals surface area contributed by atoms with E-state index in [4.69, 9.17) is 18.0 Å². The summed E-state index contributed by atoms with van der Waals surface area (Å²) in [6.45, 7) is 1.89. The Labute approximate surface area is 120 Å². The summed E-state index contributed by atoms with van der Waals surface area (Å²) in [6.07, 6.45) is 0.302. The predicted molar refractivity (Wildman–Crippen MR) is 81.5 cm³/mol. The van der Waals surface area contributed by atoms with E-state index in [0.29, 0.717) is 16.5 Å². The Hall–Kier alpha value is -1.79. The third kappa shape index (κ3) is 3.84. The van der Waals surface area contributed by atoms with Gasteiger partial charge in [-0.25, -0.2) is 4.98 Å². The van der Waals surface area contributed by atoms with Crippen molar-refractivity contribution in [3.05, 3.63) is 46.5 Å². The Morgan fingerprint density at radius 1 is 1.42 bits per heavy atom. The summed E-state index contributed by atoms with van der Waals surface area (Å²) in [5.74, 6) is -0.0857. The number of thiazole rings is 1. The van der Waals surface area contributed by atoms with E-state index in [-0.39, 0.29) is 5.91 Å². The number of nitrogens with one attached hydrogen (secondary N) is 1. The van der Waals surface area contributed by atoms with Gasteiger partial charge in [-0.2, -0.15) is 0 Å². The number of carbonyl (C=O) groups is 1. The highest BCUT2D eigenvalue weighted by molar-refractivity contribution is 7.80. The number of carbonyl (C=O) groups excluding carboxylic acids is 1. The van der Waals surface area contributed by atoms with Crippen molar-refractivity contribution < 1.29 is 4.79 Å². The van der Waals surface area contributed by atoms with Crippen molar-refractivity contribution in [3.8, 4) is 0 Å². The third-order valence-corrected chi connectivity index (χ3v) is 3.58. The summed E-state index contributed by atoms with van der Waals surface area (Å²) in [6, 6.07) is 7.33. The number of anilines is 1. The third-order valence-electron chi connectivity index (χ3n) is 2.47. The summed E-state index contributed by atoms with van der Waals surface area (Å²) in [5, 5.41) is 5.29. The fourth-order valence-electron chi connectivity index (χ4n) is 1.55. The first-order valence-electron chi connectivity index (χ1n) is 5.65. The van der Waals surface area contributed by atoms with Crippen LogP contribution in [-0.2, 0) is 11.2 Å². The van der Waals surface area contributed by atoms with E-state index in [0.717, 1.165) is 16.8 Å². The van der Waals surface area contributed by atoms with Crippen molar-refractivity contribution in [2.24, 2.45) is 5.73 Å². The molecule has 0 atom stereocenters. The molecule has 6 heteroatoms. The Kier molecular flexibility index (Phi) is 4.24. The quantitative estimate of drug-likeness (QED) is 0.848. The predicted octanol–water partition coefficient (Wildman–Crippen LogP) is 2.27. The number of hydrogen-bond acceptors (Lipinski definition) is 4. The second kappa shape index (κ2) is 5.90. The molecule has 1 aromatic heterocycles. The fraction of sp³-hybridized carbons (Fsp3) is 0.154. The van der Waals surface area contributed by atoms with Crippen LogP contribution in [0, 0.1) is 6.92 Å². The van der Waals surface area contributed by atoms with E-state index >= 15 is 0 Å². The molecule has 0 aliphatic carbocycles. The van der Waals surface area contributed by atoms with Crippen LogP contribution in [-0.4, -0.2) is 15.9 Å². The molecule has 0 aliphatic rings. The highest BCUT2D eigenvalue weighted by Crippen LogP contribution is 2.15. The first kappa shape index (κ1) is 13.6. The topological polar surface area (TPSA) is 68.0 Å². The molecule has 0 fully saturated rings. The molecular formula is C13H13N3OS2. The fourth-order valence-corrected chi connectivity index (χ4v) is 2.39. The molecule has 0 spiro atoms. The maximum absolute atomic E-state index is 11.8. The second-order valence-electron chi connectivity index (χ2n) is 4.08. The number of thiocarbonyl (C=S) groups is 1. The molecule has 98 valence electrons. The average molecular weight is 291 g/mol. The van der Waals surface area contributed by atoms with Gasteiger partial charge in [-0.05, 0) is 12.5 Å². The molecule has 2 aromatic rings. The normalized spacial score (nSPS) is 10.2. The lowest BCUT2D eigenvalue weighted by Gasteiger charge is -2.03. The monoisotopic (exact) mass is 291 g/mol. The molecular weight excluding hydrogens is 278 g/mol. The van der Waals surface area contributed by atoms with Crippen LogP contribution in [0.2, 0.25) is 0 Å². The van der Waals surface area contributed by atoms with Crippen LogP contribution < -0.4 is 11.1 Å². The molecule has 0 bridgehead atoms. The van der Waals surface area contributed by atoms with Gasteiger partial charge in [-0.1, -0.05) is 36.5 Å². The Morgan fingerprint density at radius 2 is 2.11 bits per heavy atom. The smallest absolute Gasteiger partial charge is 0.230 e. The lowest BCUT2D eigenvalue weighted by molar-refractivity contribution is -0.115. The van der Waals surface area contributed by atoms with Crippen LogP contribution in [0.3, 0.4) is 0 Å². The molecule has 4 nitrogen and oxygen atoms in total. The van der Waals surface area contributed by atoms with Gasteiger partial charge in [0.2, 0.25) is 5.91 Å². The van der Waals surface area contributed by atoms with Crippen LogP contribution in [0.15, 0.2) is 29.6 Å². The maximum Gasteiger partial charge on any atom is 0.230 e. The van der Waals surface area contributed by atoms with Crippen molar-refractivity contribution in [2.75, 3.05) is 5.32 Å². The number of amides is 1. The largest absolute Gasteiger partial charge is 0.389 e. The van der Waals surface area contributed by atoms with Crippen LogP contribution in [0.25, 0.3) is 0 Å². The minimum atomic E-state index is -0.0857. The average Bonchev–Trinajstić information content (AvgIpc) is 2.75. The molecule has 1 amide bonds. The molecule has 0 saturated heterocycles. The van der Waals surface area contributed by atoms with Crippen molar-refractivity contribution in [3.63, 3.8) is 0 Å². The van der Waals surface area contributed by atoms with Crippen molar-refractivity contribution in [1.82, 2.24) is 4.98 Å². The highest BCUT2D eigenvalue weighted by atomic mass is 32.1. The van der Waals surface area contributed by atoms with Gasteiger partial charge in [0.1, 0.15) is 4.99 Å². The Bertz CT molecular complexity index is 605. The number of benzene rings is 1. The van der Waals surface area contributed by atoms with Gasteiger partial charge in [-0.3, -0.25) is 4.79 Å². The summed E-state index contributed by atoms with van der Waals surface area (Å²) in [7, 11) is 0. The van der Waals surface area contributed by atoms with Crippen LogP contribution in [0.1, 0.15) is 16.8 Å². The number of aromatic nitrogens is 1. The number of aryl methyl sites for hydroxylation is 1. The summed E-state index contributed by atoms with van der Waals surface area (Å²) in [5.41, 5.74) is 8.13. The van der Waals surface area contributed by atoms with E-state index in [1.54, 1.807) is 0 Å². The standard InChI is InChI=1S/C13H13N3OS2/c1-8-7-19-13(15-8)16-11(17)6-9-2-4-10(5-3-9)12(14)18/h2-5,7H,6H2,1H3,(H2,14,18)(H,15,16,17). The highest BCUT2D eigenvalue weighted by Gasteiger charge is 2.07. The number of hydrogen-bond donors (Lipinski definition) is 2. The summed E-state index contributed by atoms with van der Waals surface area (Å²) < 4.78 is 0. The van der Waals surface area contributed by atoms with Gasteiger partial charge >= 0.3 is 0 Å². The molecule has 1 aromatic carbocycles.